The van der Waals surface area contributed by atoms with Gasteiger partial charge in [-0.1, -0.05) is 0 Å². The minimum atomic E-state index is 0.367. The summed E-state index contributed by atoms with van der Waals surface area (Å²) in [5.41, 5.74) is 0. The van der Waals surface area contributed by atoms with E-state index in [-0.39, 0.29) is 0 Å². The molecule has 0 spiro atoms. The summed E-state index contributed by atoms with van der Waals surface area (Å²) in [6.45, 7) is 7.01. The highest BCUT2D eigenvalue weighted by Crippen LogP contribution is 1.91. The zero-order valence-electron chi connectivity index (χ0n) is 7.08. The van der Waals surface area contributed by atoms with Crippen LogP contribution < -0.4 is 10.6 Å². The van der Waals surface area contributed by atoms with E-state index in [1.54, 1.807) is 0 Å². The van der Waals surface area contributed by atoms with Gasteiger partial charge < -0.3 is 10.6 Å². The van der Waals surface area contributed by atoms with Gasteiger partial charge in [-0.15, -0.1) is 0 Å². The van der Waals surface area contributed by atoms with E-state index >= 15 is 0 Å². The third-order valence-electron chi connectivity index (χ3n) is 1.86. The number of hydrogen-bond donors (Lipinski definition) is 3. The van der Waals surface area contributed by atoms with E-state index in [0.717, 1.165) is 19.6 Å². The van der Waals surface area contributed by atoms with Crippen LogP contribution >= 0.6 is 0 Å². The summed E-state index contributed by atoms with van der Waals surface area (Å²) in [6, 6.07) is 0.367. The lowest BCUT2D eigenvalue weighted by atomic mass is 10.2. The van der Waals surface area contributed by atoms with Gasteiger partial charge in [0.05, 0.1) is 6.54 Å². The van der Waals surface area contributed by atoms with Crippen molar-refractivity contribution in [1.29, 1.82) is 5.41 Å². The molecule has 0 aromatic rings. The molecule has 5 nitrogen and oxygen atoms in total. The van der Waals surface area contributed by atoms with E-state index in [1.165, 1.54) is 11.3 Å². The van der Waals surface area contributed by atoms with Gasteiger partial charge in [-0.3, -0.25) is 10.4 Å². The van der Waals surface area contributed by atoms with Crippen LogP contribution in [0.15, 0.2) is 5.10 Å². The second-order valence-corrected chi connectivity index (χ2v) is 2.75. The first-order valence-corrected chi connectivity index (χ1v) is 4.05. The Balaban J connectivity index is 2.27. The summed E-state index contributed by atoms with van der Waals surface area (Å²) in [7, 11) is 0. The fourth-order valence-electron chi connectivity index (χ4n) is 1.22. The largest absolute Gasteiger partial charge is 0.314 e. The molecule has 1 unspecified atom stereocenters. The highest BCUT2D eigenvalue weighted by molar-refractivity contribution is 5.51. The van der Waals surface area contributed by atoms with Gasteiger partial charge in [-0.2, -0.15) is 5.10 Å². The lowest BCUT2D eigenvalue weighted by Crippen LogP contribution is -2.52. The van der Waals surface area contributed by atoms with Crippen molar-refractivity contribution in [2.45, 2.75) is 6.04 Å². The summed E-state index contributed by atoms with van der Waals surface area (Å²) in [5.74, 6) is 0. The second kappa shape index (κ2) is 4.84. The zero-order valence-corrected chi connectivity index (χ0v) is 7.08. The molecule has 68 valence electrons. The van der Waals surface area contributed by atoms with Crippen molar-refractivity contribution in [2.24, 2.45) is 5.10 Å². The van der Waals surface area contributed by atoms with Crippen molar-refractivity contribution in [3.05, 3.63) is 0 Å². The van der Waals surface area contributed by atoms with Gasteiger partial charge in [0.25, 0.3) is 0 Å². The summed E-state index contributed by atoms with van der Waals surface area (Å²) < 4.78 is 0. The molecule has 5 heteroatoms. The normalized spacial score (nSPS) is 23.2. The Morgan fingerprint density at radius 2 is 2.50 bits per heavy atom. The maximum absolute atomic E-state index is 7.00. The Kier molecular flexibility index (Phi) is 3.69. The van der Waals surface area contributed by atoms with Crippen LogP contribution in [-0.2, 0) is 0 Å². The number of piperazine rings is 1. The number of nitrogens with zero attached hydrogens (tertiary/aromatic N) is 2. The average Bonchev–Trinajstić information content (AvgIpc) is 2.16. The summed E-state index contributed by atoms with van der Waals surface area (Å²) in [6.07, 6.45) is 1.18. The van der Waals surface area contributed by atoms with Crippen LogP contribution in [0.4, 0.5) is 0 Å². The molecule has 1 fully saturated rings. The van der Waals surface area contributed by atoms with Crippen molar-refractivity contribution < 1.29 is 0 Å². The number of rotatable bonds is 4. The first-order chi connectivity index (χ1) is 5.86. The highest BCUT2D eigenvalue weighted by atomic mass is 15.4. The zero-order chi connectivity index (χ0) is 8.81. The van der Waals surface area contributed by atoms with E-state index < -0.39 is 0 Å². The lowest BCUT2D eigenvalue weighted by Gasteiger charge is -2.26. The molecule has 0 aromatic heterocycles. The monoisotopic (exact) mass is 169 g/mol. The predicted molar refractivity (Wildman–Crippen MR) is 49.7 cm³/mol. The maximum Gasteiger partial charge on any atom is 0.103 e. The topological polar surface area (TPSA) is 63.5 Å². The molecule has 0 bridgehead atoms. The molecule has 1 heterocycles. The van der Waals surface area contributed by atoms with Crippen LogP contribution in [0.1, 0.15) is 0 Å². The molecule has 0 aromatic carbocycles. The Morgan fingerprint density at radius 1 is 1.67 bits per heavy atom. The van der Waals surface area contributed by atoms with Gasteiger partial charge in [-0.25, -0.2) is 0 Å². The maximum atomic E-state index is 7.00. The molecule has 0 aliphatic carbocycles. The fourth-order valence-corrected chi connectivity index (χ4v) is 1.22. The Morgan fingerprint density at radius 3 is 3.00 bits per heavy atom. The molecule has 1 aliphatic heterocycles. The summed E-state index contributed by atoms with van der Waals surface area (Å²) in [5, 5.41) is 18.8. The van der Waals surface area contributed by atoms with Crippen molar-refractivity contribution >= 4 is 13.1 Å². The molecule has 0 saturated carbocycles. The third-order valence-corrected chi connectivity index (χ3v) is 1.86. The molecule has 1 saturated heterocycles. The molecule has 0 radical (unpaired) electrons. The van der Waals surface area contributed by atoms with Gasteiger partial charge in [0.1, 0.15) is 6.34 Å². The summed E-state index contributed by atoms with van der Waals surface area (Å²) >= 11 is 0. The minimum Gasteiger partial charge on any atom is -0.314 e. The Labute approximate surface area is 72.3 Å². The van der Waals surface area contributed by atoms with Crippen LogP contribution in [0.3, 0.4) is 0 Å². The van der Waals surface area contributed by atoms with Crippen molar-refractivity contribution in [3.63, 3.8) is 0 Å². The van der Waals surface area contributed by atoms with Crippen LogP contribution in [-0.4, -0.2) is 50.3 Å². The molecular weight excluding hydrogens is 154 g/mol. The van der Waals surface area contributed by atoms with Crippen LogP contribution in [0.2, 0.25) is 0 Å². The second-order valence-electron chi connectivity index (χ2n) is 2.75. The SMILES string of the molecule is C=NN(C=N)CC1CNCCN1. The van der Waals surface area contributed by atoms with Crippen molar-refractivity contribution in [2.75, 3.05) is 26.2 Å². The highest BCUT2D eigenvalue weighted by Gasteiger charge is 2.13. The van der Waals surface area contributed by atoms with E-state index in [1.807, 2.05) is 0 Å². The van der Waals surface area contributed by atoms with E-state index in [0.29, 0.717) is 12.6 Å². The van der Waals surface area contributed by atoms with Crippen LogP contribution in [0, 0.1) is 5.41 Å². The van der Waals surface area contributed by atoms with Crippen LogP contribution in [0.25, 0.3) is 0 Å². The van der Waals surface area contributed by atoms with E-state index in [9.17, 15) is 0 Å². The standard InChI is InChI=1S/C7H15N5/c1-9-12(6-8)5-7-4-10-2-3-11-7/h6-8,10-11H,1-5H2. The third kappa shape index (κ3) is 2.60. The van der Waals surface area contributed by atoms with Crippen molar-refractivity contribution in [3.8, 4) is 0 Å². The molecular formula is C7H15N5. The first-order valence-electron chi connectivity index (χ1n) is 4.05. The number of hydrazone groups is 1. The van der Waals surface area contributed by atoms with Crippen LogP contribution in [0.5, 0.6) is 0 Å². The lowest BCUT2D eigenvalue weighted by molar-refractivity contribution is 0.333. The van der Waals surface area contributed by atoms with Gasteiger partial charge in [0, 0.05) is 32.4 Å². The Bertz CT molecular complexity index is 144. The number of nitrogens with one attached hydrogen (secondary N) is 3. The minimum absolute atomic E-state index is 0.367. The molecule has 1 aliphatic rings. The van der Waals surface area contributed by atoms with E-state index in [4.69, 9.17) is 5.41 Å². The smallest absolute Gasteiger partial charge is 0.103 e. The summed E-state index contributed by atoms with van der Waals surface area (Å²) in [4.78, 5) is 0. The molecule has 1 rings (SSSR count). The molecule has 1 atom stereocenters. The van der Waals surface area contributed by atoms with Crippen molar-refractivity contribution in [1.82, 2.24) is 15.6 Å². The van der Waals surface area contributed by atoms with Gasteiger partial charge in [0.15, 0.2) is 0 Å². The molecule has 12 heavy (non-hydrogen) atoms. The van der Waals surface area contributed by atoms with Gasteiger partial charge >= 0.3 is 0 Å². The molecule has 3 N–H and O–H groups in total. The Hall–Kier alpha value is -0.940. The van der Waals surface area contributed by atoms with Gasteiger partial charge in [0.2, 0.25) is 0 Å². The first kappa shape index (κ1) is 9.15. The average molecular weight is 169 g/mol. The van der Waals surface area contributed by atoms with E-state index in [2.05, 4.69) is 22.5 Å². The predicted octanol–water partition coefficient (Wildman–Crippen LogP) is -0.928. The van der Waals surface area contributed by atoms with Gasteiger partial charge in [-0.05, 0) is 0 Å². The number of hydrogen-bond acceptors (Lipinski definition) is 4. The fraction of sp³-hybridized carbons (Fsp3) is 0.714. The molecule has 0 amide bonds. The quantitative estimate of drug-likeness (QED) is 0.289.